The van der Waals surface area contributed by atoms with Gasteiger partial charge in [0.1, 0.15) is 10.0 Å². The number of nitrogens with one attached hydrogen (secondary N) is 2. The molecule has 2 fully saturated rings. The van der Waals surface area contributed by atoms with Crippen molar-refractivity contribution >= 4 is 33.1 Å². The highest BCUT2D eigenvalue weighted by molar-refractivity contribution is 7.91. The van der Waals surface area contributed by atoms with E-state index in [-0.39, 0.29) is 20.8 Å². The van der Waals surface area contributed by atoms with Gasteiger partial charge in [0.05, 0.1) is 4.90 Å². The van der Waals surface area contributed by atoms with Crippen molar-refractivity contribution in [3.8, 4) is 0 Å². The summed E-state index contributed by atoms with van der Waals surface area (Å²) in [6, 6.07) is 13.2. The van der Waals surface area contributed by atoms with Crippen molar-refractivity contribution in [2.24, 2.45) is 11.8 Å². The quantitative estimate of drug-likeness (QED) is 0.520. The molecule has 2 aromatic heterocycles. The van der Waals surface area contributed by atoms with E-state index in [1.165, 1.54) is 37.8 Å². The van der Waals surface area contributed by atoms with E-state index in [4.69, 9.17) is 11.6 Å². The molecule has 2 aliphatic rings. The van der Waals surface area contributed by atoms with Gasteiger partial charge in [-0.1, -0.05) is 29.8 Å². The highest BCUT2D eigenvalue weighted by Gasteiger charge is 2.43. The zero-order valence-corrected chi connectivity index (χ0v) is 17.2. The number of halogens is 1. The Labute approximate surface area is 174 Å². The third-order valence-corrected chi connectivity index (χ3v) is 7.64. The molecule has 0 radical (unpaired) electrons. The van der Waals surface area contributed by atoms with Gasteiger partial charge >= 0.3 is 0 Å². The van der Waals surface area contributed by atoms with E-state index < -0.39 is 9.84 Å². The summed E-state index contributed by atoms with van der Waals surface area (Å²) in [6.45, 7) is 0. The molecule has 6 nitrogen and oxygen atoms in total. The Hall–Kier alpha value is -2.38. The number of nitrogens with zero attached hydrogens (tertiary/aromatic N) is 2. The Morgan fingerprint density at radius 1 is 1.03 bits per heavy atom. The summed E-state index contributed by atoms with van der Waals surface area (Å²) in [4.78, 5) is 4.50. The molecule has 0 atom stereocenters. The number of pyridine rings is 1. The fraction of sp³-hybridized carbons (Fsp3) is 0.333. The van der Waals surface area contributed by atoms with E-state index in [0.29, 0.717) is 11.7 Å². The number of hydrogen-bond donors (Lipinski definition) is 2. The van der Waals surface area contributed by atoms with Crippen molar-refractivity contribution in [1.82, 2.24) is 15.2 Å². The number of aromatic amines is 1. The molecule has 1 aromatic carbocycles. The summed E-state index contributed by atoms with van der Waals surface area (Å²) in [5, 5.41) is 10.8. The van der Waals surface area contributed by atoms with Gasteiger partial charge in [-0.15, -0.1) is 0 Å². The van der Waals surface area contributed by atoms with Gasteiger partial charge < -0.3 is 5.32 Å². The van der Waals surface area contributed by atoms with Gasteiger partial charge in [-0.3, -0.25) is 5.10 Å². The Morgan fingerprint density at radius 3 is 2.38 bits per heavy atom. The number of rotatable bonds is 7. The lowest BCUT2D eigenvalue weighted by molar-refractivity contribution is 0.523. The molecule has 2 N–H and O–H groups in total. The molecule has 2 saturated carbocycles. The maximum absolute atomic E-state index is 13.1. The van der Waals surface area contributed by atoms with Gasteiger partial charge in [-0.25, -0.2) is 13.4 Å². The van der Waals surface area contributed by atoms with E-state index >= 15 is 0 Å². The maximum Gasteiger partial charge on any atom is 0.210 e. The van der Waals surface area contributed by atoms with E-state index in [2.05, 4.69) is 20.5 Å². The Kier molecular flexibility index (Phi) is 4.59. The van der Waals surface area contributed by atoms with Crippen LogP contribution < -0.4 is 5.32 Å². The maximum atomic E-state index is 13.1. The first-order valence-corrected chi connectivity index (χ1v) is 11.7. The van der Waals surface area contributed by atoms with Gasteiger partial charge in [-0.05, 0) is 61.8 Å². The molecule has 0 saturated heterocycles. The van der Waals surface area contributed by atoms with Gasteiger partial charge in [0.15, 0.2) is 11.6 Å². The highest BCUT2D eigenvalue weighted by Crippen LogP contribution is 2.54. The number of anilines is 2. The van der Waals surface area contributed by atoms with E-state index in [0.717, 1.165) is 17.5 Å². The second-order valence-electron chi connectivity index (χ2n) is 7.83. The van der Waals surface area contributed by atoms with Crippen molar-refractivity contribution in [3.05, 3.63) is 59.4 Å². The van der Waals surface area contributed by atoms with Crippen LogP contribution in [0.4, 0.5) is 11.6 Å². The molecule has 150 valence electrons. The summed E-state index contributed by atoms with van der Waals surface area (Å²) in [7, 11) is -3.74. The fourth-order valence-corrected chi connectivity index (χ4v) is 5.47. The Morgan fingerprint density at radius 2 is 1.72 bits per heavy atom. The lowest BCUT2D eigenvalue weighted by Crippen LogP contribution is -2.07. The van der Waals surface area contributed by atoms with Crippen LogP contribution in [-0.4, -0.2) is 23.6 Å². The molecule has 0 spiro atoms. The van der Waals surface area contributed by atoms with Crippen LogP contribution in [0.1, 0.15) is 37.3 Å². The second kappa shape index (κ2) is 7.15. The topological polar surface area (TPSA) is 87.7 Å². The minimum Gasteiger partial charge on any atom is -0.322 e. The van der Waals surface area contributed by atoms with Crippen LogP contribution >= 0.6 is 11.6 Å². The van der Waals surface area contributed by atoms with Crippen LogP contribution in [0.15, 0.2) is 58.3 Å². The minimum atomic E-state index is -3.74. The molecule has 5 rings (SSSR count). The third-order valence-electron chi connectivity index (χ3n) is 5.63. The van der Waals surface area contributed by atoms with Crippen LogP contribution in [0.2, 0.25) is 5.15 Å². The molecule has 2 aliphatic carbocycles. The smallest absolute Gasteiger partial charge is 0.210 e. The number of aromatic nitrogens is 3. The molecule has 0 unspecified atom stereocenters. The molecule has 0 amide bonds. The molecule has 0 bridgehead atoms. The van der Waals surface area contributed by atoms with Crippen LogP contribution in [-0.2, 0) is 9.84 Å². The molecule has 0 aliphatic heterocycles. The first kappa shape index (κ1) is 18.6. The summed E-state index contributed by atoms with van der Waals surface area (Å²) in [6.07, 6.45) is 5.10. The summed E-state index contributed by atoms with van der Waals surface area (Å²) < 4.78 is 26.2. The first-order valence-electron chi connectivity index (χ1n) is 9.81. The number of hydrogen-bond acceptors (Lipinski definition) is 5. The van der Waals surface area contributed by atoms with Gasteiger partial charge in [0.2, 0.25) is 9.84 Å². The Bertz CT molecular complexity index is 1130. The van der Waals surface area contributed by atoms with Crippen molar-refractivity contribution in [2.75, 3.05) is 5.32 Å². The van der Waals surface area contributed by atoms with Gasteiger partial charge in [0, 0.05) is 17.7 Å². The predicted octanol–water partition coefficient (Wildman–Crippen LogP) is 4.94. The highest BCUT2D eigenvalue weighted by atomic mass is 35.5. The van der Waals surface area contributed by atoms with Crippen LogP contribution in [0.3, 0.4) is 0 Å². The summed E-state index contributed by atoms with van der Waals surface area (Å²) in [5.74, 6) is 2.74. The fourth-order valence-electron chi connectivity index (χ4n) is 3.95. The van der Waals surface area contributed by atoms with E-state index in [1.54, 1.807) is 30.3 Å². The SMILES string of the molecule is O=S(=O)(c1ccccc1)c1ccc(Cl)nc1Nc1cc(C(C2CC2)C2CC2)[nH]n1. The molecular weight excluding hydrogens is 408 g/mol. The Balaban J connectivity index is 1.47. The standard InChI is InChI=1S/C21H21ClN4O2S/c22-18-11-10-17(29(27,28)15-4-2-1-3-5-15)21(23-18)24-19-12-16(25-26-19)20(13-6-7-13)14-8-9-14/h1-5,10-14,20H,6-9H2,(H2,23,24,25,26). The zero-order chi connectivity index (χ0) is 20.0. The first-order chi connectivity index (χ1) is 14.0. The van der Waals surface area contributed by atoms with Crippen molar-refractivity contribution in [1.29, 1.82) is 0 Å². The number of sulfone groups is 1. The third kappa shape index (κ3) is 3.76. The van der Waals surface area contributed by atoms with Gasteiger partial charge in [0.25, 0.3) is 0 Å². The average Bonchev–Trinajstić information content (AvgIpc) is 3.64. The molecule has 8 heteroatoms. The van der Waals surface area contributed by atoms with E-state index in [1.807, 2.05) is 6.07 Å². The number of H-pyrrole nitrogens is 1. The predicted molar refractivity (Wildman–Crippen MR) is 111 cm³/mol. The number of benzene rings is 1. The molecule has 2 heterocycles. The van der Waals surface area contributed by atoms with Gasteiger partial charge in [-0.2, -0.15) is 5.10 Å². The van der Waals surface area contributed by atoms with Crippen molar-refractivity contribution in [2.45, 2.75) is 41.4 Å². The zero-order valence-electron chi connectivity index (χ0n) is 15.7. The monoisotopic (exact) mass is 428 g/mol. The summed E-state index contributed by atoms with van der Waals surface area (Å²) in [5.41, 5.74) is 1.12. The average molecular weight is 429 g/mol. The molecule has 29 heavy (non-hydrogen) atoms. The lowest BCUT2D eigenvalue weighted by atomic mass is 9.94. The lowest BCUT2D eigenvalue weighted by Gasteiger charge is -2.12. The second-order valence-corrected chi connectivity index (χ2v) is 10.1. The largest absolute Gasteiger partial charge is 0.322 e. The molecular formula is C21H21ClN4O2S. The van der Waals surface area contributed by atoms with Crippen LogP contribution in [0.5, 0.6) is 0 Å². The van der Waals surface area contributed by atoms with Crippen molar-refractivity contribution in [3.63, 3.8) is 0 Å². The van der Waals surface area contributed by atoms with Crippen LogP contribution in [0.25, 0.3) is 0 Å². The van der Waals surface area contributed by atoms with Crippen LogP contribution in [0, 0.1) is 11.8 Å². The summed E-state index contributed by atoms with van der Waals surface area (Å²) >= 11 is 6.06. The minimum absolute atomic E-state index is 0.0681. The van der Waals surface area contributed by atoms with Crippen molar-refractivity contribution < 1.29 is 8.42 Å². The molecule has 3 aromatic rings. The normalized spacial score (nSPS) is 16.9. The van der Waals surface area contributed by atoms with E-state index in [9.17, 15) is 8.42 Å².